The molecule has 2 fully saturated rings. The number of aromatic nitrogens is 3. The minimum Gasteiger partial charge on any atom is -0.496 e. The second-order valence-electron chi connectivity index (χ2n) is 8.11. The molecule has 2 heterocycles. The maximum atomic E-state index is 12.8. The molecule has 160 valence electrons. The first-order valence-corrected chi connectivity index (χ1v) is 10.8. The van der Waals surface area contributed by atoms with Crippen LogP contribution in [0.5, 0.6) is 5.75 Å². The molecular weight excluding hydrogens is 382 g/mol. The van der Waals surface area contributed by atoms with Crippen molar-refractivity contribution in [1.82, 2.24) is 24.8 Å². The molecule has 0 unspecified atom stereocenters. The Morgan fingerprint density at radius 3 is 2.37 bits per heavy atom. The minimum atomic E-state index is -0.116. The fourth-order valence-corrected chi connectivity index (χ4v) is 4.39. The SMILES string of the molecule is COc1ccccc1C(=O)N1CCN(C(=O)c2cn(CC3CCCCC3)nn2)CC1. The lowest BCUT2D eigenvalue weighted by atomic mass is 9.89. The van der Waals surface area contributed by atoms with Crippen LogP contribution in [0.1, 0.15) is 53.0 Å². The van der Waals surface area contributed by atoms with Crippen molar-refractivity contribution in [2.45, 2.75) is 38.6 Å². The molecule has 8 heteroatoms. The summed E-state index contributed by atoms with van der Waals surface area (Å²) in [6.45, 7) is 2.77. The molecule has 30 heavy (non-hydrogen) atoms. The molecule has 1 aromatic heterocycles. The molecule has 0 N–H and O–H groups in total. The normalized spacial score (nSPS) is 17.8. The van der Waals surface area contributed by atoms with Crippen LogP contribution in [0.2, 0.25) is 0 Å². The number of methoxy groups -OCH3 is 1. The summed E-state index contributed by atoms with van der Waals surface area (Å²) in [5.41, 5.74) is 0.931. The average Bonchev–Trinajstić information content (AvgIpc) is 3.27. The van der Waals surface area contributed by atoms with Gasteiger partial charge in [0.25, 0.3) is 11.8 Å². The van der Waals surface area contributed by atoms with Crippen LogP contribution in [-0.2, 0) is 6.54 Å². The molecule has 1 saturated heterocycles. The summed E-state index contributed by atoms with van der Waals surface area (Å²) in [7, 11) is 1.56. The first-order chi connectivity index (χ1) is 14.7. The van der Waals surface area contributed by atoms with E-state index in [1.54, 1.807) is 35.2 Å². The van der Waals surface area contributed by atoms with Gasteiger partial charge in [-0.1, -0.05) is 36.6 Å². The van der Waals surface area contributed by atoms with Gasteiger partial charge in [0.05, 0.1) is 18.9 Å². The number of amides is 2. The van der Waals surface area contributed by atoms with Crippen LogP contribution in [-0.4, -0.2) is 69.9 Å². The van der Waals surface area contributed by atoms with Crippen LogP contribution in [0.4, 0.5) is 0 Å². The van der Waals surface area contributed by atoms with E-state index in [-0.39, 0.29) is 11.8 Å². The lowest BCUT2D eigenvalue weighted by Crippen LogP contribution is -2.50. The van der Waals surface area contributed by atoms with Gasteiger partial charge in [-0.3, -0.25) is 14.3 Å². The van der Waals surface area contributed by atoms with E-state index in [0.29, 0.717) is 49.1 Å². The summed E-state index contributed by atoms with van der Waals surface area (Å²) < 4.78 is 7.11. The molecule has 2 aliphatic rings. The van der Waals surface area contributed by atoms with Gasteiger partial charge in [0.1, 0.15) is 5.75 Å². The number of hydrogen-bond acceptors (Lipinski definition) is 5. The number of carbonyl (C=O) groups excluding carboxylic acids is 2. The van der Waals surface area contributed by atoms with Crippen LogP contribution < -0.4 is 4.74 Å². The average molecular weight is 412 g/mol. The first kappa shape index (κ1) is 20.4. The number of hydrogen-bond donors (Lipinski definition) is 0. The Kier molecular flexibility index (Phi) is 6.30. The van der Waals surface area contributed by atoms with E-state index in [9.17, 15) is 9.59 Å². The van der Waals surface area contributed by atoms with E-state index in [1.165, 1.54) is 32.1 Å². The number of para-hydroxylation sites is 1. The van der Waals surface area contributed by atoms with Crippen LogP contribution in [0, 0.1) is 5.92 Å². The highest BCUT2D eigenvalue weighted by molar-refractivity contribution is 5.97. The smallest absolute Gasteiger partial charge is 0.276 e. The van der Waals surface area contributed by atoms with Gasteiger partial charge in [0.15, 0.2) is 5.69 Å². The molecule has 1 aliphatic carbocycles. The van der Waals surface area contributed by atoms with Crippen molar-refractivity contribution in [3.63, 3.8) is 0 Å². The topological polar surface area (TPSA) is 80.6 Å². The van der Waals surface area contributed by atoms with E-state index >= 15 is 0 Å². The molecule has 4 rings (SSSR count). The monoisotopic (exact) mass is 411 g/mol. The lowest BCUT2D eigenvalue weighted by Gasteiger charge is -2.34. The summed E-state index contributed by atoms with van der Waals surface area (Å²) in [6.07, 6.45) is 8.11. The van der Waals surface area contributed by atoms with Crippen molar-refractivity contribution in [1.29, 1.82) is 0 Å². The highest BCUT2D eigenvalue weighted by atomic mass is 16.5. The molecule has 0 atom stereocenters. The number of ether oxygens (including phenoxy) is 1. The summed E-state index contributed by atoms with van der Waals surface area (Å²) in [5.74, 6) is 1.01. The number of rotatable bonds is 5. The van der Waals surface area contributed by atoms with Gasteiger partial charge in [0.2, 0.25) is 0 Å². The Bertz CT molecular complexity index is 882. The second kappa shape index (κ2) is 9.28. The Morgan fingerprint density at radius 2 is 1.67 bits per heavy atom. The third kappa shape index (κ3) is 4.47. The summed E-state index contributed by atoms with van der Waals surface area (Å²) in [4.78, 5) is 29.2. The standard InChI is InChI=1S/C22H29N5O3/c1-30-20-10-6-5-9-18(20)21(28)25-11-13-26(14-12-25)22(29)19-16-27(24-23-19)15-17-7-3-2-4-8-17/h5-6,9-10,16-17H,2-4,7-8,11-15H2,1H3. The van der Waals surface area contributed by atoms with Crippen LogP contribution in [0.15, 0.2) is 30.5 Å². The zero-order valence-corrected chi connectivity index (χ0v) is 17.5. The van der Waals surface area contributed by atoms with Crippen LogP contribution in [0.25, 0.3) is 0 Å². The highest BCUT2D eigenvalue weighted by Crippen LogP contribution is 2.25. The maximum absolute atomic E-state index is 12.8. The third-order valence-corrected chi connectivity index (χ3v) is 6.12. The Labute approximate surface area is 176 Å². The molecule has 2 aromatic rings. The third-order valence-electron chi connectivity index (χ3n) is 6.12. The number of benzene rings is 1. The molecule has 0 radical (unpaired) electrons. The molecule has 1 aliphatic heterocycles. The number of nitrogens with zero attached hydrogens (tertiary/aromatic N) is 5. The van der Waals surface area contributed by atoms with Gasteiger partial charge in [-0.15, -0.1) is 5.10 Å². The van der Waals surface area contributed by atoms with Gasteiger partial charge < -0.3 is 14.5 Å². The van der Waals surface area contributed by atoms with Crippen LogP contribution in [0.3, 0.4) is 0 Å². The van der Waals surface area contributed by atoms with E-state index in [2.05, 4.69) is 10.3 Å². The van der Waals surface area contributed by atoms with E-state index in [0.717, 1.165) is 6.54 Å². The van der Waals surface area contributed by atoms with E-state index < -0.39 is 0 Å². The number of piperazine rings is 1. The van der Waals surface area contributed by atoms with E-state index in [4.69, 9.17) is 4.74 Å². The molecule has 2 amide bonds. The van der Waals surface area contributed by atoms with Crippen molar-refractivity contribution in [3.05, 3.63) is 41.7 Å². The van der Waals surface area contributed by atoms with Gasteiger partial charge in [-0.05, 0) is 30.9 Å². The van der Waals surface area contributed by atoms with Crippen molar-refractivity contribution >= 4 is 11.8 Å². The predicted octanol–water partition coefficient (Wildman–Crippen LogP) is 2.47. The minimum absolute atomic E-state index is 0.0713. The van der Waals surface area contributed by atoms with E-state index in [1.807, 2.05) is 16.8 Å². The molecular formula is C22H29N5O3. The van der Waals surface area contributed by atoms with Crippen LogP contribution >= 0.6 is 0 Å². The van der Waals surface area contributed by atoms with Crippen molar-refractivity contribution < 1.29 is 14.3 Å². The summed E-state index contributed by atoms with van der Waals surface area (Å²) in [5, 5.41) is 8.27. The lowest BCUT2D eigenvalue weighted by molar-refractivity contribution is 0.0530. The molecule has 8 nitrogen and oxygen atoms in total. The van der Waals surface area contributed by atoms with Gasteiger partial charge >= 0.3 is 0 Å². The fourth-order valence-electron chi connectivity index (χ4n) is 4.39. The molecule has 0 bridgehead atoms. The van der Waals surface area contributed by atoms with Gasteiger partial charge in [-0.2, -0.15) is 0 Å². The fraction of sp³-hybridized carbons (Fsp3) is 0.545. The molecule has 0 spiro atoms. The van der Waals surface area contributed by atoms with Crippen molar-refractivity contribution in [3.8, 4) is 5.75 Å². The Balaban J connectivity index is 1.32. The number of carbonyl (C=O) groups is 2. The quantitative estimate of drug-likeness (QED) is 0.755. The van der Waals surface area contributed by atoms with Crippen molar-refractivity contribution in [2.24, 2.45) is 5.92 Å². The second-order valence-corrected chi connectivity index (χ2v) is 8.11. The Hall–Kier alpha value is -2.90. The molecule has 1 aromatic carbocycles. The zero-order valence-electron chi connectivity index (χ0n) is 17.5. The van der Waals surface area contributed by atoms with Crippen molar-refractivity contribution in [2.75, 3.05) is 33.3 Å². The van der Waals surface area contributed by atoms with Gasteiger partial charge in [-0.25, -0.2) is 0 Å². The maximum Gasteiger partial charge on any atom is 0.276 e. The molecule has 1 saturated carbocycles. The highest BCUT2D eigenvalue weighted by Gasteiger charge is 2.28. The largest absolute Gasteiger partial charge is 0.496 e. The Morgan fingerprint density at radius 1 is 1.00 bits per heavy atom. The van der Waals surface area contributed by atoms with Gasteiger partial charge in [0, 0.05) is 32.7 Å². The predicted molar refractivity (Wildman–Crippen MR) is 111 cm³/mol. The zero-order chi connectivity index (χ0) is 20.9. The summed E-state index contributed by atoms with van der Waals surface area (Å²) >= 11 is 0. The summed E-state index contributed by atoms with van der Waals surface area (Å²) in [6, 6.07) is 7.22. The first-order valence-electron chi connectivity index (χ1n) is 10.8.